The van der Waals surface area contributed by atoms with Crippen LogP contribution in [-0.4, -0.2) is 36.5 Å². The molecule has 1 amide bonds. The van der Waals surface area contributed by atoms with E-state index < -0.39 is 0 Å². The minimum Gasteiger partial charge on any atom is -0.352 e. The molecule has 1 rings (SSSR count). The SMILES string of the molecule is CCCCCN1CCCC(NC(C)=O)C1. The minimum absolute atomic E-state index is 0.107. The molecule has 0 aliphatic carbocycles. The molecule has 3 nitrogen and oxygen atoms in total. The number of nitrogens with one attached hydrogen (secondary N) is 1. The molecule has 1 fully saturated rings. The summed E-state index contributed by atoms with van der Waals surface area (Å²) in [5.41, 5.74) is 0. The zero-order valence-corrected chi connectivity index (χ0v) is 10.1. The van der Waals surface area contributed by atoms with Gasteiger partial charge in [0.1, 0.15) is 0 Å². The fourth-order valence-electron chi connectivity index (χ4n) is 2.25. The summed E-state index contributed by atoms with van der Waals surface area (Å²) in [5.74, 6) is 0.107. The first-order valence-corrected chi connectivity index (χ1v) is 6.22. The molecule has 1 aliphatic heterocycles. The van der Waals surface area contributed by atoms with E-state index in [2.05, 4.69) is 17.1 Å². The van der Waals surface area contributed by atoms with E-state index in [9.17, 15) is 4.79 Å². The lowest BCUT2D eigenvalue weighted by molar-refractivity contribution is -0.120. The normalized spacial score (nSPS) is 22.7. The van der Waals surface area contributed by atoms with Gasteiger partial charge in [0.25, 0.3) is 0 Å². The van der Waals surface area contributed by atoms with Crippen LogP contribution in [0.2, 0.25) is 0 Å². The minimum atomic E-state index is 0.107. The van der Waals surface area contributed by atoms with E-state index in [0.717, 1.165) is 13.0 Å². The molecule has 1 unspecified atom stereocenters. The van der Waals surface area contributed by atoms with Crippen LogP contribution in [0.3, 0.4) is 0 Å². The number of nitrogens with zero attached hydrogens (tertiary/aromatic N) is 1. The Kier molecular flexibility index (Phi) is 5.69. The van der Waals surface area contributed by atoms with E-state index in [-0.39, 0.29) is 5.91 Å². The topological polar surface area (TPSA) is 32.3 Å². The summed E-state index contributed by atoms with van der Waals surface area (Å²) in [4.78, 5) is 13.4. The zero-order valence-electron chi connectivity index (χ0n) is 10.1. The van der Waals surface area contributed by atoms with Gasteiger partial charge in [-0.1, -0.05) is 19.8 Å². The summed E-state index contributed by atoms with van der Waals surface area (Å²) < 4.78 is 0. The maximum Gasteiger partial charge on any atom is 0.217 e. The van der Waals surface area contributed by atoms with Gasteiger partial charge in [0.05, 0.1) is 0 Å². The maximum absolute atomic E-state index is 10.9. The molecule has 1 aliphatic rings. The summed E-state index contributed by atoms with van der Waals surface area (Å²) in [7, 11) is 0. The molecule has 0 saturated carbocycles. The van der Waals surface area contributed by atoms with E-state index in [1.807, 2.05) is 0 Å². The average molecular weight is 212 g/mol. The number of carbonyl (C=O) groups is 1. The van der Waals surface area contributed by atoms with Crippen molar-refractivity contribution in [1.82, 2.24) is 10.2 Å². The number of unbranched alkanes of at least 4 members (excludes halogenated alkanes) is 2. The largest absolute Gasteiger partial charge is 0.352 e. The Bertz CT molecular complexity index is 194. The van der Waals surface area contributed by atoms with Gasteiger partial charge >= 0.3 is 0 Å². The van der Waals surface area contributed by atoms with Gasteiger partial charge in [-0.25, -0.2) is 0 Å². The molecule has 0 aromatic heterocycles. The van der Waals surface area contributed by atoms with Crippen LogP contribution in [0.25, 0.3) is 0 Å². The molecule has 0 aromatic carbocycles. The van der Waals surface area contributed by atoms with Crippen molar-refractivity contribution >= 4 is 5.91 Å². The smallest absolute Gasteiger partial charge is 0.217 e. The second-order valence-corrected chi connectivity index (χ2v) is 4.55. The Morgan fingerprint density at radius 2 is 2.27 bits per heavy atom. The van der Waals surface area contributed by atoms with Gasteiger partial charge in [0.15, 0.2) is 0 Å². The van der Waals surface area contributed by atoms with Crippen molar-refractivity contribution in [2.24, 2.45) is 0 Å². The second-order valence-electron chi connectivity index (χ2n) is 4.55. The number of rotatable bonds is 5. The molecule has 15 heavy (non-hydrogen) atoms. The number of piperidine rings is 1. The highest BCUT2D eigenvalue weighted by Crippen LogP contribution is 2.11. The van der Waals surface area contributed by atoms with Crippen LogP contribution >= 0.6 is 0 Å². The number of carbonyl (C=O) groups excluding carboxylic acids is 1. The van der Waals surface area contributed by atoms with Gasteiger partial charge in [-0.2, -0.15) is 0 Å². The zero-order chi connectivity index (χ0) is 11.1. The number of likely N-dealkylation sites (tertiary alicyclic amines) is 1. The van der Waals surface area contributed by atoms with Gasteiger partial charge in [0, 0.05) is 19.5 Å². The quantitative estimate of drug-likeness (QED) is 0.705. The first-order chi connectivity index (χ1) is 7.22. The van der Waals surface area contributed by atoms with E-state index in [1.54, 1.807) is 6.92 Å². The lowest BCUT2D eigenvalue weighted by atomic mass is 10.1. The van der Waals surface area contributed by atoms with Gasteiger partial charge in [-0.3, -0.25) is 4.79 Å². The van der Waals surface area contributed by atoms with Gasteiger partial charge in [-0.05, 0) is 32.4 Å². The molecular weight excluding hydrogens is 188 g/mol. The van der Waals surface area contributed by atoms with Crippen LogP contribution in [-0.2, 0) is 4.79 Å². The Hall–Kier alpha value is -0.570. The summed E-state index contributed by atoms with van der Waals surface area (Å²) in [6, 6.07) is 0.387. The van der Waals surface area contributed by atoms with Crippen molar-refractivity contribution in [2.75, 3.05) is 19.6 Å². The predicted octanol–water partition coefficient (Wildman–Crippen LogP) is 1.78. The summed E-state index contributed by atoms with van der Waals surface area (Å²) in [6.45, 7) is 7.29. The number of hydrogen-bond acceptors (Lipinski definition) is 2. The van der Waals surface area contributed by atoms with Crippen molar-refractivity contribution in [3.8, 4) is 0 Å². The Morgan fingerprint density at radius 1 is 1.47 bits per heavy atom. The molecule has 88 valence electrons. The first kappa shape index (κ1) is 12.5. The van der Waals surface area contributed by atoms with Crippen LogP contribution in [0.1, 0.15) is 46.0 Å². The molecule has 3 heteroatoms. The molecule has 1 atom stereocenters. The summed E-state index contributed by atoms with van der Waals surface area (Å²) >= 11 is 0. The van der Waals surface area contributed by atoms with Gasteiger partial charge < -0.3 is 10.2 Å². The Morgan fingerprint density at radius 3 is 2.93 bits per heavy atom. The van der Waals surface area contributed by atoms with Crippen LogP contribution < -0.4 is 5.32 Å². The third-order valence-corrected chi connectivity index (χ3v) is 2.99. The standard InChI is InChI=1S/C12H24N2O/c1-3-4-5-8-14-9-6-7-12(10-14)13-11(2)15/h12H,3-10H2,1-2H3,(H,13,15). The number of hydrogen-bond donors (Lipinski definition) is 1. The highest BCUT2D eigenvalue weighted by molar-refractivity contribution is 5.73. The molecule has 0 aromatic rings. The maximum atomic E-state index is 10.9. The lowest BCUT2D eigenvalue weighted by Crippen LogP contribution is -2.47. The molecule has 0 spiro atoms. The molecule has 1 heterocycles. The Labute approximate surface area is 93.2 Å². The highest BCUT2D eigenvalue weighted by Gasteiger charge is 2.19. The molecule has 0 bridgehead atoms. The van der Waals surface area contributed by atoms with E-state index >= 15 is 0 Å². The lowest BCUT2D eigenvalue weighted by Gasteiger charge is -2.32. The second kappa shape index (κ2) is 6.83. The van der Waals surface area contributed by atoms with Crippen LogP contribution in [0.5, 0.6) is 0 Å². The van der Waals surface area contributed by atoms with Crippen LogP contribution in [0.15, 0.2) is 0 Å². The Balaban J connectivity index is 2.19. The molecule has 0 radical (unpaired) electrons. The summed E-state index contributed by atoms with van der Waals surface area (Å²) in [5, 5.41) is 3.02. The number of amides is 1. The molecular formula is C12H24N2O. The van der Waals surface area contributed by atoms with Crippen LogP contribution in [0, 0.1) is 0 Å². The fraction of sp³-hybridized carbons (Fsp3) is 0.917. The fourth-order valence-corrected chi connectivity index (χ4v) is 2.25. The molecule has 1 saturated heterocycles. The van der Waals surface area contributed by atoms with Crippen molar-refractivity contribution in [1.29, 1.82) is 0 Å². The first-order valence-electron chi connectivity index (χ1n) is 6.22. The van der Waals surface area contributed by atoms with E-state index in [1.165, 1.54) is 38.8 Å². The van der Waals surface area contributed by atoms with Crippen molar-refractivity contribution in [2.45, 2.75) is 52.0 Å². The monoisotopic (exact) mass is 212 g/mol. The van der Waals surface area contributed by atoms with Crippen molar-refractivity contribution in [3.05, 3.63) is 0 Å². The van der Waals surface area contributed by atoms with Crippen LogP contribution in [0.4, 0.5) is 0 Å². The highest BCUT2D eigenvalue weighted by atomic mass is 16.1. The summed E-state index contributed by atoms with van der Waals surface area (Å²) in [6.07, 6.45) is 6.26. The van der Waals surface area contributed by atoms with E-state index in [4.69, 9.17) is 0 Å². The average Bonchev–Trinajstić information content (AvgIpc) is 2.18. The van der Waals surface area contributed by atoms with Gasteiger partial charge in [0.2, 0.25) is 5.91 Å². The van der Waals surface area contributed by atoms with E-state index in [0.29, 0.717) is 6.04 Å². The molecule has 1 N–H and O–H groups in total. The van der Waals surface area contributed by atoms with Crippen molar-refractivity contribution in [3.63, 3.8) is 0 Å². The van der Waals surface area contributed by atoms with Gasteiger partial charge in [-0.15, -0.1) is 0 Å². The van der Waals surface area contributed by atoms with Crippen molar-refractivity contribution < 1.29 is 4.79 Å². The third-order valence-electron chi connectivity index (χ3n) is 2.99. The predicted molar refractivity (Wildman–Crippen MR) is 62.8 cm³/mol. The third kappa shape index (κ3) is 5.17.